The molecule has 0 aromatic carbocycles. The molecule has 150 valence electrons. The molecular formula is C19H31N5O3. The molecule has 8 heteroatoms. The van der Waals surface area contributed by atoms with Gasteiger partial charge in [0.2, 0.25) is 5.91 Å². The summed E-state index contributed by atoms with van der Waals surface area (Å²) in [4.78, 5) is 33.7. The van der Waals surface area contributed by atoms with Crippen LogP contribution in [0.25, 0.3) is 0 Å². The zero-order chi connectivity index (χ0) is 19.6. The molecule has 0 bridgehead atoms. The summed E-state index contributed by atoms with van der Waals surface area (Å²) in [6, 6.07) is 0.0560. The second-order valence-electron chi connectivity index (χ2n) is 8.61. The number of urea groups is 1. The quantitative estimate of drug-likeness (QED) is 0.727. The number of amides is 3. The van der Waals surface area contributed by atoms with Crippen LogP contribution in [0.1, 0.15) is 46.5 Å². The minimum Gasteiger partial charge on any atom is -0.390 e. The van der Waals surface area contributed by atoms with Crippen LogP contribution >= 0.6 is 0 Å². The van der Waals surface area contributed by atoms with Crippen LogP contribution in [0.2, 0.25) is 0 Å². The number of hydrogen-bond donors (Lipinski definition) is 2. The van der Waals surface area contributed by atoms with E-state index in [-0.39, 0.29) is 35.5 Å². The van der Waals surface area contributed by atoms with Gasteiger partial charge in [0.05, 0.1) is 17.7 Å². The van der Waals surface area contributed by atoms with E-state index in [0.717, 1.165) is 37.9 Å². The van der Waals surface area contributed by atoms with E-state index in [1.54, 1.807) is 4.90 Å². The second-order valence-corrected chi connectivity index (χ2v) is 8.61. The number of oxime groups is 1. The number of nitrogens with one attached hydrogen (secondary N) is 1. The highest BCUT2D eigenvalue weighted by atomic mass is 16.6. The highest BCUT2D eigenvalue weighted by Gasteiger charge is 2.38. The molecule has 27 heavy (non-hydrogen) atoms. The van der Waals surface area contributed by atoms with Crippen molar-refractivity contribution in [3.05, 3.63) is 12.3 Å². The van der Waals surface area contributed by atoms with E-state index in [1.165, 1.54) is 0 Å². The fourth-order valence-corrected chi connectivity index (χ4v) is 3.78. The number of nitrogens with zero attached hydrogens (tertiary/aromatic N) is 3. The molecule has 0 aromatic rings. The molecule has 1 aliphatic carbocycles. The van der Waals surface area contributed by atoms with Gasteiger partial charge in [0.15, 0.2) is 0 Å². The monoisotopic (exact) mass is 377 g/mol. The van der Waals surface area contributed by atoms with Crippen LogP contribution in [0.4, 0.5) is 4.79 Å². The van der Waals surface area contributed by atoms with Gasteiger partial charge in [-0.1, -0.05) is 11.2 Å². The summed E-state index contributed by atoms with van der Waals surface area (Å²) in [6.45, 7) is 7.83. The van der Waals surface area contributed by atoms with Gasteiger partial charge in [0, 0.05) is 25.7 Å². The zero-order valence-corrected chi connectivity index (χ0v) is 16.5. The lowest BCUT2D eigenvalue weighted by molar-refractivity contribution is -0.122. The summed E-state index contributed by atoms with van der Waals surface area (Å²) in [5.41, 5.74) is 6.26. The third-order valence-corrected chi connectivity index (χ3v) is 5.32. The molecule has 2 heterocycles. The molecule has 2 atom stereocenters. The molecule has 1 saturated heterocycles. The van der Waals surface area contributed by atoms with Crippen LogP contribution in [0, 0.1) is 5.92 Å². The standard InChI is InChI=1S/C19H31N5O3/c1-19(2,3)27-22-14-6-4-13(5-7-14)21-18(26)24-11-10-23-9-8-15(17(20)25)16(23)12-24/h8-9,13,15-16H,4-7,10-12H2,1-3H3,(H2,20,25)(H,21,26). The lowest BCUT2D eigenvalue weighted by Gasteiger charge is -2.40. The summed E-state index contributed by atoms with van der Waals surface area (Å²) >= 11 is 0. The largest absolute Gasteiger partial charge is 0.390 e. The van der Waals surface area contributed by atoms with Gasteiger partial charge in [-0.2, -0.15) is 0 Å². The van der Waals surface area contributed by atoms with Gasteiger partial charge >= 0.3 is 6.03 Å². The number of hydrogen-bond acceptors (Lipinski definition) is 5. The number of primary amides is 1. The minimum absolute atomic E-state index is 0.0401. The third-order valence-electron chi connectivity index (χ3n) is 5.32. The number of carbonyl (C=O) groups is 2. The lowest BCUT2D eigenvalue weighted by Crippen LogP contribution is -2.58. The summed E-state index contributed by atoms with van der Waals surface area (Å²) in [6.07, 6.45) is 7.18. The van der Waals surface area contributed by atoms with Gasteiger partial charge in [-0.15, -0.1) is 0 Å². The van der Waals surface area contributed by atoms with Crippen molar-refractivity contribution < 1.29 is 14.4 Å². The molecule has 3 amide bonds. The van der Waals surface area contributed by atoms with E-state index in [0.29, 0.717) is 13.1 Å². The second kappa shape index (κ2) is 7.78. The first-order valence-corrected chi connectivity index (χ1v) is 9.76. The first kappa shape index (κ1) is 19.5. The maximum Gasteiger partial charge on any atom is 0.317 e. The molecule has 8 nitrogen and oxygen atoms in total. The molecule has 2 unspecified atom stereocenters. The van der Waals surface area contributed by atoms with Crippen LogP contribution < -0.4 is 11.1 Å². The van der Waals surface area contributed by atoms with Crippen molar-refractivity contribution in [2.75, 3.05) is 19.6 Å². The van der Waals surface area contributed by atoms with Crippen molar-refractivity contribution in [3.63, 3.8) is 0 Å². The molecule has 0 spiro atoms. The minimum atomic E-state index is -0.336. The maximum atomic E-state index is 12.7. The van der Waals surface area contributed by atoms with E-state index >= 15 is 0 Å². The molecule has 2 fully saturated rings. The number of carbonyl (C=O) groups excluding carboxylic acids is 2. The molecule has 3 aliphatic rings. The Labute approximate surface area is 160 Å². The van der Waals surface area contributed by atoms with Gasteiger partial charge in [0.1, 0.15) is 5.60 Å². The Kier molecular flexibility index (Phi) is 5.62. The lowest BCUT2D eigenvalue weighted by atomic mass is 9.94. The normalized spacial score (nSPS) is 28.0. The molecule has 0 radical (unpaired) electrons. The molecule has 3 rings (SSSR count). The zero-order valence-electron chi connectivity index (χ0n) is 16.5. The summed E-state index contributed by atoms with van der Waals surface area (Å²) in [5, 5.41) is 7.40. The Balaban J connectivity index is 1.47. The predicted octanol–water partition coefficient (Wildman–Crippen LogP) is 1.42. The predicted molar refractivity (Wildman–Crippen MR) is 103 cm³/mol. The molecular weight excluding hydrogens is 346 g/mol. The highest BCUT2D eigenvalue weighted by molar-refractivity contribution is 5.85. The summed E-state index contributed by atoms with van der Waals surface area (Å²) in [7, 11) is 0. The number of rotatable bonds is 3. The van der Waals surface area contributed by atoms with Crippen molar-refractivity contribution in [1.29, 1.82) is 0 Å². The van der Waals surface area contributed by atoms with Gasteiger partial charge < -0.3 is 25.7 Å². The van der Waals surface area contributed by atoms with Gasteiger partial charge in [-0.3, -0.25) is 4.79 Å². The van der Waals surface area contributed by atoms with Crippen molar-refractivity contribution >= 4 is 17.6 Å². The Morgan fingerprint density at radius 1 is 1.26 bits per heavy atom. The average molecular weight is 377 g/mol. The number of nitrogens with two attached hydrogens (primary N) is 1. The fourth-order valence-electron chi connectivity index (χ4n) is 3.78. The van der Waals surface area contributed by atoms with Crippen molar-refractivity contribution in [3.8, 4) is 0 Å². The molecule has 1 saturated carbocycles. The van der Waals surface area contributed by atoms with Crippen molar-refractivity contribution in [2.45, 2.75) is 64.1 Å². The Hall–Kier alpha value is -2.25. The SMILES string of the molecule is CC(C)(C)ON=C1CCC(NC(=O)N2CCN3C=CC(C(N)=O)C3C2)CC1. The van der Waals surface area contributed by atoms with E-state index in [9.17, 15) is 9.59 Å². The molecule has 0 aromatic heterocycles. The van der Waals surface area contributed by atoms with E-state index < -0.39 is 0 Å². The van der Waals surface area contributed by atoms with E-state index in [1.807, 2.05) is 33.0 Å². The fraction of sp³-hybridized carbons (Fsp3) is 0.737. The van der Waals surface area contributed by atoms with Gasteiger partial charge in [-0.05, 0) is 52.7 Å². The van der Waals surface area contributed by atoms with Crippen LogP contribution in [0.5, 0.6) is 0 Å². The number of fused-ring (bicyclic) bond motifs is 1. The first-order valence-electron chi connectivity index (χ1n) is 9.76. The average Bonchev–Trinajstić information content (AvgIpc) is 3.04. The Morgan fingerprint density at radius 3 is 2.59 bits per heavy atom. The topological polar surface area (TPSA) is 100 Å². The smallest absolute Gasteiger partial charge is 0.317 e. The van der Waals surface area contributed by atoms with Crippen LogP contribution in [-0.4, -0.2) is 64.8 Å². The third kappa shape index (κ3) is 4.93. The first-order chi connectivity index (χ1) is 12.7. The number of piperazine rings is 1. The Bertz CT molecular complexity index is 630. The van der Waals surface area contributed by atoms with E-state index in [4.69, 9.17) is 10.6 Å². The van der Waals surface area contributed by atoms with Crippen molar-refractivity contribution in [2.24, 2.45) is 16.8 Å². The van der Waals surface area contributed by atoms with Gasteiger partial charge in [0.25, 0.3) is 0 Å². The van der Waals surface area contributed by atoms with Crippen LogP contribution in [-0.2, 0) is 9.63 Å². The molecule has 2 aliphatic heterocycles. The van der Waals surface area contributed by atoms with Gasteiger partial charge in [-0.25, -0.2) is 4.79 Å². The molecule has 3 N–H and O–H groups in total. The van der Waals surface area contributed by atoms with Crippen LogP contribution in [0.15, 0.2) is 17.4 Å². The summed E-state index contributed by atoms with van der Waals surface area (Å²) in [5.74, 6) is -0.658. The maximum absolute atomic E-state index is 12.7. The van der Waals surface area contributed by atoms with E-state index in [2.05, 4.69) is 15.4 Å². The van der Waals surface area contributed by atoms with Crippen LogP contribution in [0.3, 0.4) is 0 Å². The highest BCUT2D eigenvalue weighted by Crippen LogP contribution is 2.25. The van der Waals surface area contributed by atoms with Crippen molar-refractivity contribution in [1.82, 2.24) is 15.1 Å². The summed E-state index contributed by atoms with van der Waals surface area (Å²) < 4.78 is 0. The Morgan fingerprint density at radius 2 is 1.96 bits per heavy atom.